The van der Waals surface area contributed by atoms with Crippen LogP contribution in [0.5, 0.6) is 0 Å². The first-order valence-corrected chi connectivity index (χ1v) is 9.33. The molecule has 0 aliphatic carbocycles. The van der Waals surface area contributed by atoms with Gasteiger partial charge in [0, 0.05) is 23.2 Å². The van der Waals surface area contributed by atoms with E-state index in [0.717, 1.165) is 44.5 Å². The number of anilines is 1. The van der Waals surface area contributed by atoms with Crippen LogP contribution in [-0.4, -0.2) is 30.4 Å². The topological polar surface area (TPSA) is 70.2 Å². The molecule has 1 aliphatic rings. The van der Waals surface area contributed by atoms with Gasteiger partial charge in [0.15, 0.2) is 0 Å². The molecule has 138 valence electrons. The van der Waals surface area contributed by atoms with Crippen molar-refractivity contribution in [2.24, 2.45) is 5.92 Å². The molecule has 1 saturated heterocycles. The molecule has 3 N–H and O–H groups in total. The fourth-order valence-corrected chi connectivity index (χ4v) is 2.90. The molecule has 0 saturated carbocycles. The summed E-state index contributed by atoms with van der Waals surface area (Å²) in [5.41, 5.74) is 1.12. The molecule has 0 radical (unpaired) electrons. The number of amides is 2. The Hall–Kier alpha value is -1.88. The third-order valence-corrected chi connectivity index (χ3v) is 5.01. The highest BCUT2D eigenvalue weighted by Crippen LogP contribution is 2.18. The van der Waals surface area contributed by atoms with Gasteiger partial charge in [-0.2, -0.15) is 0 Å². The zero-order valence-electron chi connectivity index (χ0n) is 15.7. The number of nitrogens with one attached hydrogen (secondary N) is 3. The minimum atomic E-state index is -0.224. The van der Waals surface area contributed by atoms with Gasteiger partial charge in [-0.1, -0.05) is 6.92 Å². The SMILES string of the molecule is CCC(C)(C)NC(=O)c1ccc(NC(=O)CCC2CCNCC2)cc1. The third-order valence-electron chi connectivity index (χ3n) is 5.01. The molecule has 0 aromatic heterocycles. The molecule has 2 rings (SSSR count). The Kier molecular flexibility index (Phi) is 7.00. The molecule has 1 aliphatic heterocycles. The molecule has 0 unspecified atom stereocenters. The van der Waals surface area contributed by atoms with E-state index in [1.165, 1.54) is 0 Å². The van der Waals surface area contributed by atoms with Crippen molar-refractivity contribution in [3.05, 3.63) is 29.8 Å². The van der Waals surface area contributed by atoms with Gasteiger partial charge in [-0.3, -0.25) is 9.59 Å². The Bertz CT molecular complexity index is 575. The summed E-state index contributed by atoms with van der Waals surface area (Å²) in [4.78, 5) is 24.3. The summed E-state index contributed by atoms with van der Waals surface area (Å²) in [6, 6.07) is 7.08. The number of piperidine rings is 1. The Morgan fingerprint density at radius 2 is 1.80 bits per heavy atom. The second-order valence-corrected chi connectivity index (χ2v) is 7.55. The predicted molar refractivity (Wildman–Crippen MR) is 102 cm³/mol. The Morgan fingerprint density at radius 3 is 2.40 bits per heavy atom. The number of rotatable bonds is 7. The standard InChI is InChI=1S/C20H31N3O2/c1-4-20(2,3)23-19(25)16-6-8-17(9-7-16)22-18(24)10-5-15-11-13-21-14-12-15/h6-9,15,21H,4-5,10-14H2,1-3H3,(H,22,24)(H,23,25). The molecule has 1 fully saturated rings. The van der Waals surface area contributed by atoms with Gasteiger partial charge in [-0.15, -0.1) is 0 Å². The van der Waals surface area contributed by atoms with Crippen molar-refractivity contribution < 1.29 is 9.59 Å². The lowest BCUT2D eigenvalue weighted by atomic mass is 9.93. The molecule has 1 aromatic rings. The number of hydrogen-bond acceptors (Lipinski definition) is 3. The molecule has 25 heavy (non-hydrogen) atoms. The summed E-state index contributed by atoms with van der Waals surface area (Å²) in [6.45, 7) is 8.17. The monoisotopic (exact) mass is 345 g/mol. The summed E-state index contributed by atoms with van der Waals surface area (Å²) in [5.74, 6) is 0.610. The van der Waals surface area contributed by atoms with E-state index in [1.54, 1.807) is 24.3 Å². The largest absolute Gasteiger partial charge is 0.347 e. The van der Waals surface area contributed by atoms with Crippen LogP contribution in [0.3, 0.4) is 0 Å². The van der Waals surface area contributed by atoms with Crippen molar-refractivity contribution in [2.75, 3.05) is 18.4 Å². The van der Waals surface area contributed by atoms with Crippen LogP contribution in [0.15, 0.2) is 24.3 Å². The maximum atomic E-state index is 12.2. The number of carbonyl (C=O) groups excluding carboxylic acids is 2. The van der Waals surface area contributed by atoms with E-state index in [9.17, 15) is 9.59 Å². The van der Waals surface area contributed by atoms with Crippen molar-refractivity contribution in [1.29, 1.82) is 0 Å². The number of carbonyl (C=O) groups is 2. The molecule has 5 nitrogen and oxygen atoms in total. The summed E-state index contributed by atoms with van der Waals surface area (Å²) in [7, 11) is 0. The second-order valence-electron chi connectivity index (χ2n) is 7.55. The fraction of sp³-hybridized carbons (Fsp3) is 0.600. The van der Waals surface area contributed by atoms with E-state index in [-0.39, 0.29) is 17.4 Å². The summed E-state index contributed by atoms with van der Waals surface area (Å²) in [5, 5.41) is 9.27. The van der Waals surface area contributed by atoms with Gasteiger partial charge in [-0.05, 0) is 82.8 Å². The molecule has 0 spiro atoms. The second kappa shape index (κ2) is 8.99. The van der Waals surface area contributed by atoms with E-state index in [4.69, 9.17) is 0 Å². The van der Waals surface area contributed by atoms with Gasteiger partial charge in [0.1, 0.15) is 0 Å². The molecule has 0 atom stereocenters. The smallest absolute Gasteiger partial charge is 0.251 e. The molecule has 2 amide bonds. The lowest BCUT2D eigenvalue weighted by molar-refractivity contribution is -0.116. The van der Waals surface area contributed by atoms with E-state index in [2.05, 4.69) is 16.0 Å². The van der Waals surface area contributed by atoms with Crippen LogP contribution in [0.4, 0.5) is 5.69 Å². The predicted octanol–water partition coefficient (Wildman–Crippen LogP) is 3.32. The van der Waals surface area contributed by atoms with Crippen LogP contribution < -0.4 is 16.0 Å². The highest BCUT2D eigenvalue weighted by atomic mass is 16.2. The van der Waals surface area contributed by atoms with E-state index in [0.29, 0.717) is 17.9 Å². The summed E-state index contributed by atoms with van der Waals surface area (Å²) >= 11 is 0. The van der Waals surface area contributed by atoms with Gasteiger partial charge < -0.3 is 16.0 Å². The zero-order valence-corrected chi connectivity index (χ0v) is 15.7. The van der Waals surface area contributed by atoms with Crippen molar-refractivity contribution >= 4 is 17.5 Å². The van der Waals surface area contributed by atoms with Crippen LogP contribution in [0.2, 0.25) is 0 Å². The Balaban J connectivity index is 1.81. The molecular weight excluding hydrogens is 314 g/mol. The molecule has 0 bridgehead atoms. The maximum absolute atomic E-state index is 12.2. The zero-order chi connectivity index (χ0) is 18.3. The van der Waals surface area contributed by atoms with Gasteiger partial charge in [-0.25, -0.2) is 0 Å². The van der Waals surface area contributed by atoms with Crippen molar-refractivity contribution in [3.8, 4) is 0 Å². The first kappa shape index (κ1) is 19.4. The molecular formula is C20H31N3O2. The van der Waals surface area contributed by atoms with Crippen LogP contribution in [0, 0.1) is 5.92 Å². The highest BCUT2D eigenvalue weighted by molar-refractivity contribution is 5.96. The fourth-order valence-electron chi connectivity index (χ4n) is 2.90. The highest BCUT2D eigenvalue weighted by Gasteiger charge is 2.19. The minimum absolute atomic E-state index is 0.0443. The molecule has 1 aromatic carbocycles. The van der Waals surface area contributed by atoms with Crippen LogP contribution in [0.25, 0.3) is 0 Å². The van der Waals surface area contributed by atoms with Crippen LogP contribution in [-0.2, 0) is 4.79 Å². The van der Waals surface area contributed by atoms with Gasteiger partial charge in [0.2, 0.25) is 5.91 Å². The minimum Gasteiger partial charge on any atom is -0.347 e. The van der Waals surface area contributed by atoms with Crippen LogP contribution in [0.1, 0.15) is 63.2 Å². The molecule has 5 heteroatoms. The van der Waals surface area contributed by atoms with Gasteiger partial charge in [0.05, 0.1) is 0 Å². The number of benzene rings is 1. The first-order chi connectivity index (χ1) is 11.9. The summed E-state index contributed by atoms with van der Waals surface area (Å²) < 4.78 is 0. The van der Waals surface area contributed by atoms with E-state index in [1.807, 2.05) is 20.8 Å². The lowest BCUT2D eigenvalue weighted by Crippen LogP contribution is -2.42. The van der Waals surface area contributed by atoms with E-state index < -0.39 is 0 Å². The van der Waals surface area contributed by atoms with Crippen molar-refractivity contribution in [2.45, 2.75) is 58.4 Å². The quantitative estimate of drug-likeness (QED) is 0.710. The Morgan fingerprint density at radius 1 is 1.16 bits per heavy atom. The van der Waals surface area contributed by atoms with Gasteiger partial charge >= 0.3 is 0 Å². The normalized spacial score (nSPS) is 15.6. The average Bonchev–Trinajstić information content (AvgIpc) is 2.61. The van der Waals surface area contributed by atoms with Crippen molar-refractivity contribution in [3.63, 3.8) is 0 Å². The summed E-state index contributed by atoms with van der Waals surface area (Å²) in [6.07, 6.45) is 4.68. The van der Waals surface area contributed by atoms with Crippen molar-refractivity contribution in [1.82, 2.24) is 10.6 Å². The lowest BCUT2D eigenvalue weighted by Gasteiger charge is -2.24. The average molecular weight is 345 g/mol. The van der Waals surface area contributed by atoms with E-state index >= 15 is 0 Å². The van der Waals surface area contributed by atoms with Crippen LogP contribution >= 0.6 is 0 Å². The Labute approximate surface area is 151 Å². The number of hydrogen-bond donors (Lipinski definition) is 3. The third kappa shape index (κ3) is 6.50. The van der Waals surface area contributed by atoms with Gasteiger partial charge in [0.25, 0.3) is 5.91 Å². The molecule has 1 heterocycles. The first-order valence-electron chi connectivity index (χ1n) is 9.33. The maximum Gasteiger partial charge on any atom is 0.251 e.